The van der Waals surface area contributed by atoms with Crippen molar-refractivity contribution in [3.8, 4) is 0 Å². The Labute approximate surface area is 130 Å². The largest absolute Gasteiger partial charge is 0.340 e. The fourth-order valence-electron chi connectivity index (χ4n) is 3.07. The molecule has 0 aliphatic carbocycles. The third kappa shape index (κ3) is 2.26. The van der Waals surface area contributed by atoms with Gasteiger partial charge in [0.2, 0.25) is 0 Å². The summed E-state index contributed by atoms with van der Waals surface area (Å²) in [5, 5.41) is 5.73. The van der Waals surface area contributed by atoms with Gasteiger partial charge in [-0.2, -0.15) is 0 Å². The van der Waals surface area contributed by atoms with Gasteiger partial charge in [0.25, 0.3) is 5.91 Å². The molecule has 2 aliphatic heterocycles. The standard InChI is InChI=1S/C17H21N3O2/c1-11-8-9-19(16(22)18-11)20-10-13-12(15(20)21)6-5-7-14(13)17(2,3)4/h5-7H,1,8-10H2,2-4H3,(H,18,22). The fourth-order valence-corrected chi connectivity index (χ4v) is 3.07. The second-order valence-corrected chi connectivity index (χ2v) is 6.85. The molecule has 1 aromatic carbocycles. The SMILES string of the molecule is C=C1CCN(N2Cc3c(cccc3C(C)(C)C)C2=O)C(=O)N1. The Morgan fingerprint density at radius 2 is 1.91 bits per heavy atom. The smallest absolute Gasteiger partial charge is 0.311 e. The van der Waals surface area contributed by atoms with Crippen LogP contribution in [0.4, 0.5) is 4.79 Å². The Kier molecular flexibility index (Phi) is 3.24. The van der Waals surface area contributed by atoms with Crippen LogP contribution in [0.3, 0.4) is 0 Å². The van der Waals surface area contributed by atoms with Gasteiger partial charge in [-0.05, 0) is 22.6 Å². The molecule has 0 aromatic heterocycles. The van der Waals surface area contributed by atoms with Crippen LogP contribution in [0.15, 0.2) is 30.5 Å². The van der Waals surface area contributed by atoms with E-state index in [9.17, 15) is 9.59 Å². The summed E-state index contributed by atoms with van der Waals surface area (Å²) in [6, 6.07) is 5.54. The van der Waals surface area contributed by atoms with Gasteiger partial charge in [-0.15, -0.1) is 0 Å². The summed E-state index contributed by atoms with van der Waals surface area (Å²) in [6.07, 6.45) is 0.651. The second-order valence-electron chi connectivity index (χ2n) is 6.85. The monoisotopic (exact) mass is 299 g/mol. The van der Waals surface area contributed by atoms with Gasteiger partial charge in [0.15, 0.2) is 0 Å². The molecular weight excluding hydrogens is 278 g/mol. The van der Waals surface area contributed by atoms with Gasteiger partial charge in [-0.1, -0.05) is 39.5 Å². The number of hydrazine groups is 1. The van der Waals surface area contributed by atoms with Gasteiger partial charge < -0.3 is 5.32 Å². The number of hydrogen-bond acceptors (Lipinski definition) is 2. The predicted molar refractivity (Wildman–Crippen MR) is 84.0 cm³/mol. The minimum Gasteiger partial charge on any atom is -0.311 e. The van der Waals surface area contributed by atoms with Crippen molar-refractivity contribution < 1.29 is 9.59 Å². The lowest BCUT2D eigenvalue weighted by atomic mass is 9.83. The predicted octanol–water partition coefficient (Wildman–Crippen LogP) is 2.78. The van der Waals surface area contributed by atoms with Crippen LogP contribution in [-0.4, -0.2) is 28.5 Å². The number of nitrogens with zero attached hydrogens (tertiary/aromatic N) is 2. The zero-order valence-corrected chi connectivity index (χ0v) is 13.3. The molecule has 0 spiro atoms. The van der Waals surface area contributed by atoms with Crippen molar-refractivity contribution in [3.63, 3.8) is 0 Å². The zero-order valence-electron chi connectivity index (χ0n) is 13.3. The number of benzene rings is 1. The topological polar surface area (TPSA) is 52.7 Å². The third-order valence-corrected chi connectivity index (χ3v) is 4.19. The molecule has 2 heterocycles. The number of carbonyl (C=O) groups excluding carboxylic acids is 2. The lowest BCUT2D eigenvalue weighted by Crippen LogP contribution is -2.54. The first kappa shape index (κ1) is 14.6. The second kappa shape index (κ2) is 4.87. The molecule has 3 amide bonds. The van der Waals surface area contributed by atoms with E-state index >= 15 is 0 Å². The van der Waals surface area contributed by atoms with E-state index < -0.39 is 0 Å². The Bertz CT molecular complexity index is 673. The van der Waals surface area contributed by atoms with Crippen molar-refractivity contribution >= 4 is 11.9 Å². The first-order valence-electron chi connectivity index (χ1n) is 7.49. The van der Waals surface area contributed by atoms with E-state index in [1.54, 1.807) is 5.01 Å². The summed E-state index contributed by atoms with van der Waals surface area (Å²) in [6.45, 7) is 11.1. The minimum atomic E-state index is -0.283. The molecule has 116 valence electrons. The average Bonchev–Trinajstić information content (AvgIpc) is 2.75. The van der Waals surface area contributed by atoms with Crippen LogP contribution in [0.1, 0.15) is 48.7 Å². The Balaban J connectivity index is 1.95. The number of fused-ring (bicyclic) bond motifs is 1. The summed E-state index contributed by atoms with van der Waals surface area (Å²) in [5.41, 5.74) is 3.53. The molecule has 1 fully saturated rings. The van der Waals surface area contributed by atoms with Crippen LogP contribution < -0.4 is 5.32 Å². The van der Waals surface area contributed by atoms with E-state index in [2.05, 4.69) is 38.7 Å². The van der Waals surface area contributed by atoms with Crippen LogP contribution in [0.2, 0.25) is 0 Å². The van der Waals surface area contributed by atoms with Crippen molar-refractivity contribution in [2.75, 3.05) is 6.54 Å². The van der Waals surface area contributed by atoms with Gasteiger partial charge in [-0.3, -0.25) is 4.79 Å². The van der Waals surface area contributed by atoms with E-state index in [4.69, 9.17) is 0 Å². The van der Waals surface area contributed by atoms with Gasteiger partial charge in [-0.25, -0.2) is 14.8 Å². The molecule has 0 unspecified atom stereocenters. The van der Waals surface area contributed by atoms with Crippen LogP contribution in [0, 0.1) is 0 Å². The molecule has 0 bridgehead atoms. The first-order chi connectivity index (χ1) is 10.3. The van der Waals surface area contributed by atoms with E-state index in [1.807, 2.05) is 12.1 Å². The molecule has 3 rings (SSSR count). The summed E-state index contributed by atoms with van der Waals surface area (Å²) >= 11 is 0. The van der Waals surface area contributed by atoms with Crippen LogP contribution in [0.5, 0.6) is 0 Å². The molecule has 22 heavy (non-hydrogen) atoms. The molecule has 1 N–H and O–H groups in total. The maximum Gasteiger partial charge on any atom is 0.340 e. The molecule has 5 heteroatoms. The number of urea groups is 1. The minimum absolute atomic E-state index is 0.0416. The lowest BCUT2D eigenvalue weighted by Gasteiger charge is -2.35. The molecule has 5 nitrogen and oxygen atoms in total. The number of amides is 3. The maximum atomic E-state index is 12.7. The average molecular weight is 299 g/mol. The normalized spacial score (nSPS) is 18.6. The lowest BCUT2D eigenvalue weighted by molar-refractivity contribution is 0.0123. The molecule has 1 aromatic rings. The van der Waals surface area contributed by atoms with Crippen molar-refractivity contribution in [3.05, 3.63) is 47.2 Å². The molecular formula is C17H21N3O2. The summed E-state index contributed by atoms with van der Waals surface area (Å²) in [4.78, 5) is 24.8. The quantitative estimate of drug-likeness (QED) is 0.867. The Morgan fingerprint density at radius 1 is 1.18 bits per heavy atom. The van der Waals surface area contributed by atoms with Crippen LogP contribution in [0.25, 0.3) is 0 Å². The van der Waals surface area contributed by atoms with Gasteiger partial charge >= 0.3 is 6.03 Å². The number of nitrogens with one attached hydrogen (secondary N) is 1. The first-order valence-corrected chi connectivity index (χ1v) is 7.49. The van der Waals surface area contributed by atoms with E-state index in [0.29, 0.717) is 30.8 Å². The van der Waals surface area contributed by atoms with Crippen molar-refractivity contribution in [1.82, 2.24) is 15.3 Å². The number of carbonyl (C=O) groups is 2. The van der Waals surface area contributed by atoms with Gasteiger partial charge in [0.05, 0.1) is 6.54 Å². The van der Waals surface area contributed by atoms with E-state index in [1.165, 1.54) is 5.01 Å². The summed E-state index contributed by atoms with van der Waals surface area (Å²) < 4.78 is 0. The highest BCUT2D eigenvalue weighted by Crippen LogP contribution is 2.34. The van der Waals surface area contributed by atoms with Gasteiger partial charge in [0.1, 0.15) is 0 Å². The molecule has 0 radical (unpaired) electrons. The Morgan fingerprint density at radius 3 is 2.55 bits per heavy atom. The molecule has 2 aliphatic rings. The Hall–Kier alpha value is -2.30. The highest BCUT2D eigenvalue weighted by atomic mass is 16.2. The number of hydrogen-bond donors (Lipinski definition) is 1. The number of rotatable bonds is 1. The highest BCUT2D eigenvalue weighted by Gasteiger charge is 2.38. The third-order valence-electron chi connectivity index (χ3n) is 4.19. The van der Waals surface area contributed by atoms with Crippen molar-refractivity contribution in [2.24, 2.45) is 0 Å². The molecule has 0 atom stereocenters. The highest BCUT2D eigenvalue weighted by molar-refractivity contribution is 5.99. The van der Waals surface area contributed by atoms with Crippen molar-refractivity contribution in [2.45, 2.75) is 39.2 Å². The van der Waals surface area contributed by atoms with E-state index in [-0.39, 0.29) is 17.4 Å². The molecule has 0 saturated carbocycles. The van der Waals surface area contributed by atoms with Crippen LogP contribution >= 0.6 is 0 Å². The summed E-state index contributed by atoms with van der Waals surface area (Å²) in [5.74, 6) is -0.108. The summed E-state index contributed by atoms with van der Waals surface area (Å²) in [7, 11) is 0. The van der Waals surface area contributed by atoms with E-state index in [0.717, 1.165) is 11.1 Å². The zero-order chi connectivity index (χ0) is 16.1. The fraction of sp³-hybridized carbons (Fsp3) is 0.412. The van der Waals surface area contributed by atoms with Crippen molar-refractivity contribution in [1.29, 1.82) is 0 Å². The maximum absolute atomic E-state index is 12.7. The van der Waals surface area contributed by atoms with Gasteiger partial charge in [0, 0.05) is 24.2 Å². The molecule has 1 saturated heterocycles. The van der Waals surface area contributed by atoms with Crippen LogP contribution in [-0.2, 0) is 12.0 Å².